The smallest absolute Gasteiger partial charge is 0.408 e. The Labute approximate surface area is 167 Å². The Morgan fingerprint density at radius 2 is 1.73 bits per heavy atom. The minimum atomic E-state index is 0. The minimum Gasteiger partial charge on any atom is -1.00 e. The number of para-hydroxylation sites is 1. The highest BCUT2D eigenvalue weighted by Crippen LogP contribution is 2.40. The zero-order valence-corrected chi connectivity index (χ0v) is 17.0. The molecule has 0 radical (unpaired) electrons. The van der Waals surface area contributed by atoms with Crippen molar-refractivity contribution in [1.82, 2.24) is 4.57 Å². The molecule has 6 heteroatoms. The monoisotopic (exact) mass is 426 g/mol. The fourth-order valence-corrected chi connectivity index (χ4v) is 3.80. The molecule has 0 spiro atoms. The van der Waals surface area contributed by atoms with Crippen LogP contribution in [-0.2, 0) is 13.6 Å². The molecule has 0 aliphatic rings. The Balaban J connectivity index is 0.00000196. The van der Waals surface area contributed by atoms with E-state index in [4.69, 9.17) is 0 Å². The number of hydrogen-bond acceptors (Lipinski definition) is 3. The molecule has 0 fully saturated rings. The van der Waals surface area contributed by atoms with Crippen molar-refractivity contribution in [2.24, 2.45) is 17.3 Å². The first-order valence-corrected chi connectivity index (χ1v) is 9.19. The molecule has 26 heavy (non-hydrogen) atoms. The molecular weight excluding hydrogens is 408 g/mol. The highest BCUT2D eigenvalue weighted by molar-refractivity contribution is 7.12. The summed E-state index contributed by atoms with van der Waals surface area (Å²) in [5.74, 6) is 0. The molecular formula is C20H19BrN4S. The van der Waals surface area contributed by atoms with Crippen molar-refractivity contribution in [2.75, 3.05) is 0 Å². The number of azo groups is 1. The SMILES string of the molecule is CCn1c(-c2ccccc2)c(/N=N/c2scc[n+]2C)c2ccccc21.[Br-]. The molecule has 2 aromatic heterocycles. The van der Waals surface area contributed by atoms with Crippen LogP contribution in [0.5, 0.6) is 0 Å². The first-order chi connectivity index (χ1) is 12.3. The van der Waals surface area contributed by atoms with Crippen molar-refractivity contribution >= 4 is 33.1 Å². The lowest BCUT2D eigenvalue weighted by Gasteiger charge is -2.08. The molecule has 0 saturated carbocycles. The van der Waals surface area contributed by atoms with E-state index < -0.39 is 0 Å². The van der Waals surface area contributed by atoms with E-state index >= 15 is 0 Å². The van der Waals surface area contributed by atoms with Gasteiger partial charge in [0.2, 0.25) is 0 Å². The number of thiazole rings is 1. The van der Waals surface area contributed by atoms with Crippen LogP contribution in [0.4, 0.5) is 10.8 Å². The van der Waals surface area contributed by atoms with Gasteiger partial charge >= 0.3 is 5.13 Å². The van der Waals surface area contributed by atoms with Gasteiger partial charge in [0.25, 0.3) is 0 Å². The number of aryl methyl sites for hydroxylation is 2. The summed E-state index contributed by atoms with van der Waals surface area (Å²) < 4.78 is 4.29. The van der Waals surface area contributed by atoms with E-state index in [1.165, 1.54) is 5.52 Å². The van der Waals surface area contributed by atoms with Crippen LogP contribution in [0.3, 0.4) is 0 Å². The molecule has 4 nitrogen and oxygen atoms in total. The summed E-state index contributed by atoms with van der Waals surface area (Å²) in [6.45, 7) is 3.05. The van der Waals surface area contributed by atoms with E-state index in [-0.39, 0.29) is 17.0 Å². The van der Waals surface area contributed by atoms with Crippen LogP contribution in [0.1, 0.15) is 6.92 Å². The van der Waals surface area contributed by atoms with Crippen molar-refractivity contribution in [3.05, 3.63) is 66.2 Å². The van der Waals surface area contributed by atoms with Gasteiger partial charge in [-0.2, -0.15) is 0 Å². The van der Waals surface area contributed by atoms with Crippen LogP contribution in [0.15, 0.2) is 76.4 Å². The molecule has 0 N–H and O–H groups in total. The van der Waals surface area contributed by atoms with E-state index in [2.05, 4.69) is 70.3 Å². The van der Waals surface area contributed by atoms with Crippen LogP contribution >= 0.6 is 11.3 Å². The maximum absolute atomic E-state index is 4.68. The van der Waals surface area contributed by atoms with Gasteiger partial charge in [0.05, 0.1) is 23.4 Å². The van der Waals surface area contributed by atoms with Gasteiger partial charge in [-0.15, -0.1) is 0 Å². The highest BCUT2D eigenvalue weighted by atomic mass is 79.9. The zero-order valence-electron chi connectivity index (χ0n) is 14.6. The topological polar surface area (TPSA) is 33.5 Å². The van der Waals surface area contributed by atoms with Gasteiger partial charge in [-0.1, -0.05) is 48.5 Å². The van der Waals surface area contributed by atoms with Gasteiger partial charge in [-0.3, -0.25) is 0 Å². The molecule has 0 atom stereocenters. The summed E-state index contributed by atoms with van der Waals surface area (Å²) in [6, 6.07) is 18.8. The lowest BCUT2D eigenvalue weighted by Crippen LogP contribution is -3.00. The summed E-state index contributed by atoms with van der Waals surface area (Å²) >= 11 is 1.58. The lowest BCUT2D eigenvalue weighted by atomic mass is 10.1. The number of nitrogens with zero attached hydrogens (tertiary/aromatic N) is 4. The molecule has 2 aromatic carbocycles. The molecule has 0 aliphatic carbocycles. The van der Waals surface area contributed by atoms with Crippen molar-refractivity contribution < 1.29 is 21.5 Å². The standard InChI is InChI=1S/C20H19N4S.BrH/c1-3-24-17-12-8-7-11-16(17)18(19(24)15-9-5-4-6-10-15)21-22-20-23(2)13-14-25-20;/h4-14H,3H2,1-2H3;1H/q+1;/p-1. The quantitative estimate of drug-likeness (QED) is 0.355. The number of fused-ring (bicyclic) bond motifs is 1. The van der Waals surface area contributed by atoms with E-state index in [0.29, 0.717) is 0 Å². The normalized spacial score (nSPS) is 11.2. The van der Waals surface area contributed by atoms with Crippen LogP contribution in [0.25, 0.3) is 22.2 Å². The van der Waals surface area contributed by atoms with Gasteiger partial charge in [0, 0.05) is 22.9 Å². The minimum absolute atomic E-state index is 0. The summed E-state index contributed by atoms with van der Waals surface area (Å²) in [4.78, 5) is 0. The van der Waals surface area contributed by atoms with Crippen molar-refractivity contribution in [3.63, 3.8) is 0 Å². The van der Waals surface area contributed by atoms with Gasteiger partial charge in [-0.05, 0) is 29.4 Å². The van der Waals surface area contributed by atoms with Gasteiger partial charge in [0.15, 0.2) is 0 Å². The van der Waals surface area contributed by atoms with Crippen molar-refractivity contribution in [1.29, 1.82) is 0 Å². The fourth-order valence-electron chi connectivity index (χ4n) is 3.12. The Hall–Kier alpha value is -2.31. The Morgan fingerprint density at radius 3 is 2.42 bits per heavy atom. The average Bonchev–Trinajstić information content (AvgIpc) is 3.21. The molecule has 0 aliphatic heterocycles. The molecule has 4 aromatic rings. The van der Waals surface area contributed by atoms with Gasteiger partial charge in [-0.25, -0.2) is 4.57 Å². The molecule has 0 saturated heterocycles. The lowest BCUT2D eigenvalue weighted by molar-refractivity contribution is -0.654. The number of hydrogen-bond donors (Lipinski definition) is 0. The third-order valence-electron chi connectivity index (χ3n) is 4.30. The second kappa shape index (κ2) is 7.93. The second-order valence-corrected chi connectivity index (χ2v) is 6.69. The average molecular weight is 427 g/mol. The number of rotatable bonds is 4. The van der Waals surface area contributed by atoms with Crippen LogP contribution in [-0.4, -0.2) is 4.57 Å². The predicted octanol–water partition coefficient (Wildman–Crippen LogP) is 2.63. The maximum atomic E-state index is 4.68. The maximum Gasteiger partial charge on any atom is 0.408 e. The van der Waals surface area contributed by atoms with Gasteiger partial charge < -0.3 is 21.5 Å². The zero-order chi connectivity index (χ0) is 17.2. The molecule has 0 unspecified atom stereocenters. The van der Waals surface area contributed by atoms with Crippen LogP contribution < -0.4 is 21.5 Å². The van der Waals surface area contributed by atoms with E-state index in [0.717, 1.165) is 34.0 Å². The summed E-state index contributed by atoms with van der Waals surface area (Å²) in [7, 11) is 1.98. The highest BCUT2D eigenvalue weighted by Gasteiger charge is 2.19. The largest absolute Gasteiger partial charge is 1.00 e. The molecule has 0 amide bonds. The number of halogens is 1. The van der Waals surface area contributed by atoms with Crippen LogP contribution in [0, 0.1) is 0 Å². The summed E-state index contributed by atoms with van der Waals surface area (Å²) in [5, 5.41) is 13.2. The Kier molecular flexibility index (Phi) is 5.64. The third-order valence-corrected chi connectivity index (χ3v) is 5.14. The second-order valence-electron chi connectivity index (χ2n) is 5.82. The third kappa shape index (κ3) is 3.22. The first-order valence-electron chi connectivity index (χ1n) is 8.31. The predicted molar refractivity (Wildman–Crippen MR) is 103 cm³/mol. The fraction of sp³-hybridized carbons (Fsp3) is 0.150. The molecule has 0 bridgehead atoms. The van der Waals surface area contributed by atoms with E-state index in [1.54, 1.807) is 11.3 Å². The Morgan fingerprint density at radius 1 is 1.00 bits per heavy atom. The number of benzene rings is 2. The van der Waals surface area contributed by atoms with Crippen molar-refractivity contribution in [2.45, 2.75) is 13.5 Å². The first kappa shape index (κ1) is 18.5. The molecule has 2 heterocycles. The molecule has 132 valence electrons. The van der Waals surface area contributed by atoms with Crippen LogP contribution in [0.2, 0.25) is 0 Å². The van der Waals surface area contributed by atoms with E-state index in [1.807, 2.05) is 29.3 Å². The molecule has 4 rings (SSSR count). The Bertz CT molecular complexity index is 1050. The summed E-state index contributed by atoms with van der Waals surface area (Å²) in [5.41, 5.74) is 4.39. The van der Waals surface area contributed by atoms with E-state index in [9.17, 15) is 0 Å². The number of aromatic nitrogens is 2. The van der Waals surface area contributed by atoms with Crippen molar-refractivity contribution in [3.8, 4) is 11.3 Å². The summed E-state index contributed by atoms with van der Waals surface area (Å²) in [6.07, 6.45) is 1.99. The van der Waals surface area contributed by atoms with Gasteiger partial charge in [0.1, 0.15) is 11.9 Å².